The fourth-order valence-electron chi connectivity index (χ4n) is 2.96. The van der Waals surface area contributed by atoms with Crippen LogP contribution in [0.1, 0.15) is 24.6 Å². The summed E-state index contributed by atoms with van der Waals surface area (Å²) < 4.78 is 30.2. The van der Waals surface area contributed by atoms with E-state index in [1.54, 1.807) is 0 Å². The van der Waals surface area contributed by atoms with Crippen LogP contribution >= 0.6 is 22.9 Å². The molecule has 1 heterocycles. The van der Waals surface area contributed by atoms with Gasteiger partial charge in [-0.2, -0.15) is 0 Å². The second-order valence-corrected chi connectivity index (χ2v) is 10.6. The van der Waals surface area contributed by atoms with Gasteiger partial charge < -0.3 is 10.1 Å². The summed E-state index contributed by atoms with van der Waals surface area (Å²) >= 11 is 7.18. The molecule has 0 radical (unpaired) electrons. The van der Waals surface area contributed by atoms with E-state index in [0.29, 0.717) is 16.8 Å². The first kappa shape index (κ1) is 23.2. The molecule has 0 spiro atoms. The van der Waals surface area contributed by atoms with Crippen LogP contribution in [0.3, 0.4) is 0 Å². The summed E-state index contributed by atoms with van der Waals surface area (Å²) in [5, 5.41) is 3.74. The van der Waals surface area contributed by atoms with Crippen molar-refractivity contribution in [1.29, 1.82) is 0 Å². The highest BCUT2D eigenvalue weighted by Crippen LogP contribution is 2.31. The standard InChI is InChI=1S/C22H23ClN2O4S2/c1-3-29-18-10-6-16(7-11-18)21-15(2)30-22(25-21)24-20(26)5-4-14-31(27,28)19-12-8-17(23)9-13-19/h6-13H,3-5,14H2,1-2H3,(H,24,25,26). The van der Waals surface area contributed by atoms with Gasteiger partial charge in [0, 0.05) is 21.9 Å². The van der Waals surface area contributed by atoms with Gasteiger partial charge in [-0.1, -0.05) is 11.6 Å². The molecule has 0 aliphatic rings. The molecule has 1 aromatic heterocycles. The molecule has 31 heavy (non-hydrogen) atoms. The van der Waals surface area contributed by atoms with Gasteiger partial charge in [0.05, 0.1) is 22.9 Å². The third-order valence-corrected chi connectivity index (χ3v) is 7.43. The topological polar surface area (TPSA) is 85.4 Å². The molecule has 2 aromatic carbocycles. The summed E-state index contributed by atoms with van der Waals surface area (Å²) in [6.45, 7) is 4.48. The molecule has 1 amide bonds. The number of aryl methyl sites for hydroxylation is 1. The van der Waals surface area contributed by atoms with Crippen LogP contribution in [0.5, 0.6) is 5.75 Å². The first-order valence-electron chi connectivity index (χ1n) is 9.77. The molecule has 164 valence electrons. The number of ether oxygens (including phenoxy) is 1. The number of benzene rings is 2. The van der Waals surface area contributed by atoms with Gasteiger partial charge in [0.2, 0.25) is 5.91 Å². The number of hydrogen-bond donors (Lipinski definition) is 1. The molecule has 0 atom stereocenters. The lowest BCUT2D eigenvalue weighted by Crippen LogP contribution is -2.14. The Hall–Kier alpha value is -2.42. The van der Waals surface area contributed by atoms with Crippen molar-refractivity contribution in [3.8, 4) is 17.0 Å². The van der Waals surface area contributed by atoms with Crippen LogP contribution in [0.4, 0.5) is 5.13 Å². The van der Waals surface area contributed by atoms with E-state index < -0.39 is 9.84 Å². The van der Waals surface area contributed by atoms with Crippen molar-refractivity contribution in [1.82, 2.24) is 4.98 Å². The maximum atomic E-state index is 12.4. The molecular formula is C22H23ClN2O4S2. The number of amides is 1. The molecule has 3 aromatic rings. The van der Waals surface area contributed by atoms with Gasteiger partial charge in [-0.05, 0) is 68.8 Å². The Morgan fingerprint density at radius 1 is 1.13 bits per heavy atom. The van der Waals surface area contributed by atoms with E-state index in [1.165, 1.54) is 35.6 Å². The minimum absolute atomic E-state index is 0.0871. The number of hydrogen-bond acceptors (Lipinski definition) is 6. The fourth-order valence-corrected chi connectivity index (χ4v) is 5.25. The average Bonchev–Trinajstić information content (AvgIpc) is 3.09. The highest BCUT2D eigenvalue weighted by Gasteiger charge is 2.16. The summed E-state index contributed by atoms with van der Waals surface area (Å²) in [7, 11) is -3.45. The molecule has 0 saturated carbocycles. The number of thiazole rings is 1. The lowest BCUT2D eigenvalue weighted by Gasteiger charge is -2.05. The maximum absolute atomic E-state index is 12.4. The van der Waals surface area contributed by atoms with Gasteiger partial charge in [0.25, 0.3) is 0 Å². The monoisotopic (exact) mass is 478 g/mol. The van der Waals surface area contributed by atoms with E-state index in [-0.39, 0.29) is 29.4 Å². The van der Waals surface area contributed by atoms with E-state index >= 15 is 0 Å². The zero-order valence-electron chi connectivity index (χ0n) is 17.2. The van der Waals surface area contributed by atoms with Crippen molar-refractivity contribution in [2.45, 2.75) is 31.6 Å². The van der Waals surface area contributed by atoms with Crippen molar-refractivity contribution < 1.29 is 17.9 Å². The van der Waals surface area contributed by atoms with Crippen molar-refractivity contribution in [3.63, 3.8) is 0 Å². The van der Waals surface area contributed by atoms with Gasteiger partial charge in [0.15, 0.2) is 15.0 Å². The number of carbonyl (C=O) groups excluding carboxylic acids is 1. The molecule has 0 fully saturated rings. The van der Waals surface area contributed by atoms with Crippen LogP contribution in [0.25, 0.3) is 11.3 Å². The Bertz CT molecular complexity index is 1140. The number of anilines is 1. The highest BCUT2D eigenvalue weighted by atomic mass is 35.5. The lowest BCUT2D eigenvalue weighted by atomic mass is 10.1. The molecule has 1 N–H and O–H groups in total. The number of carbonyl (C=O) groups is 1. The molecule has 0 aliphatic heterocycles. The smallest absolute Gasteiger partial charge is 0.226 e. The quantitative estimate of drug-likeness (QED) is 0.447. The van der Waals surface area contributed by atoms with E-state index in [4.69, 9.17) is 16.3 Å². The predicted molar refractivity (Wildman–Crippen MR) is 125 cm³/mol. The molecule has 3 rings (SSSR count). The molecule has 0 aliphatic carbocycles. The van der Waals surface area contributed by atoms with Crippen molar-refractivity contribution >= 4 is 43.8 Å². The molecular weight excluding hydrogens is 456 g/mol. The Balaban J connectivity index is 1.56. The van der Waals surface area contributed by atoms with Crippen LogP contribution in [0.2, 0.25) is 5.02 Å². The Labute approximate surface area is 191 Å². The summed E-state index contributed by atoms with van der Waals surface area (Å²) in [5.74, 6) is 0.413. The second-order valence-electron chi connectivity index (χ2n) is 6.81. The van der Waals surface area contributed by atoms with Crippen LogP contribution < -0.4 is 10.1 Å². The number of nitrogens with zero attached hydrogens (tertiary/aromatic N) is 1. The first-order valence-corrected chi connectivity index (χ1v) is 12.6. The summed E-state index contributed by atoms with van der Waals surface area (Å²) in [6, 6.07) is 13.6. The van der Waals surface area contributed by atoms with E-state index in [1.807, 2.05) is 38.1 Å². The van der Waals surface area contributed by atoms with Crippen LogP contribution in [0.15, 0.2) is 53.4 Å². The molecule has 0 bridgehead atoms. The van der Waals surface area contributed by atoms with E-state index in [2.05, 4.69) is 10.3 Å². The second kappa shape index (κ2) is 10.3. The normalized spacial score (nSPS) is 11.3. The van der Waals surface area contributed by atoms with Gasteiger partial charge in [-0.25, -0.2) is 13.4 Å². The summed E-state index contributed by atoms with van der Waals surface area (Å²) in [6.07, 6.45) is 0.302. The van der Waals surface area contributed by atoms with Crippen LogP contribution in [-0.2, 0) is 14.6 Å². The van der Waals surface area contributed by atoms with E-state index in [9.17, 15) is 13.2 Å². The number of rotatable bonds is 9. The average molecular weight is 479 g/mol. The number of halogens is 1. The van der Waals surface area contributed by atoms with Gasteiger partial charge in [-0.3, -0.25) is 4.79 Å². The first-order chi connectivity index (χ1) is 14.8. The highest BCUT2D eigenvalue weighted by molar-refractivity contribution is 7.91. The van der Waals surface area contributed by atoms with Crippen molar-refractivity contribution in [2.24, 2.45) is 0 Å². The Kier molecular flexibility index (Phi) is 7.69. The largest absolute Gasteiger partial charge is 0.494 e. The SMILES string of the molecule is CCOc1ccc(-c2nc(NC(=O)CCCS(=O)(=O)c3ccc(Cl)cc3)sc2C)cc1. The summed E-state index contributed by atoms with van der Waals surface area (Å²) in [5.41, 5.74) is 1.74. The third kappa shape index (κ3) is 6.29. The van der Waals surface area contributed by atoms with Gasteiger partial charge in [-0.15, -0.1) is 11.3 Å². The number of sulfone groups is 1. The zero-order chi connectivity index (χ0) is 22.4. The maximum Gasteiger partial charge on any atom is 0.226 e. The lowest BCUT2D eigenvalue weighted by molar-refractivity contribution is -0.116. The predicted octanol–water partition coefficient (Wildman–Crippen LogP) is 5.36. The number of aromatic nitrogens is 1. The Morgan fingerprint density at radius 3 is 2.45 bits per heavy atom. The van der Waals surface area contributed by atoms with Crippen LogP contribution in [-0.4, -0.2) is 31.7 Å². The van der Waals surface area contributed by atoms with Crippen molar-refractivity contribution in [3.05, 3.63) is 58.4 Å². The molecule has 6 nitrogen and oxygen atoms in total. The minimum Gasteiger partial charge on any atom is -0.494 e. The van der Waals surface area contributed by atoms with E-state index in [0.717, 1.165) is 21.9 Å². The molecule has 0 unspecified atom stereocenters. The molecule has 0 saturated heterocycles. The van der Waals surface area contributed by atoms with Gasteiger partial charge >= 0.3 is 0 Å². The zero-order valence-corrected chi connectivity index (χ0v) is 19.6. The number of nitrogens with one attached hydrogen (secondary N) is 1. The minimum atomic E-state index is -3.45. The van der Waals surface area contributed by atoms with Crippen molar-refractivity contribution in [2.75, 3.05) is 17.7 Å². The molecule has 9 heteroatoms. The summed E-state index contributed by atoms with van der Waals surface area (Å²) in [4.78, 5) is 18.0. The Morgan fingerprint density at radius 2 is 1.81 bits per heavy atom. The third-order valence-electron chi connectivity index (χ3n) is 4.47. The van der Waals surface area contributed by atoms with Gasteiger partial charge in [0.1, 0.15) is 5.75 Å². The van der Waals surface area contributed by atoms with Crippen LogP contribution in [0, 0.1) is 6.92 Å². The fraction of sp³-hybridized carbons (Fsp3) is 0.273.